The molecule has 4 heteroatoms. The van der Waals surface area contributed by atoms with Gasteiger partial charge in [0.15, 0.2) is 4.96 Å². The molecule has 2 aromatic heterocycles. The maximum absolute atomic E-state index is 5.16. The Morgan fingerprint density at radius 3 is 2.50 bits per heavy atom. The molecule has 3 nitrogen and oxygen atoms in total. The summed E-state index contributed by atoms with van der Waals surface area (Å²) in [5, 5.41) is 0. The summed E-state index contributed by atoms with van der Waals surface area (Å²) in [5.74, 6) is 0.867. The number of fused-ring (bicyclic) bond motifs is 1. The number of nitrogens with zero attached hydrogens (tertiary/aromatic N) is 2. The maximum Gasteiger partial charge on any atom is 0.194 e. The van der Waals surface area contributed by atoms with E-state index in [1.807, 2.05) is 24.3 Å². The van der Waals surface area contributed by atoms with Crippen LogP contribution in [0, 0.1) is 13.8 Å². The summed E-state index contributed by atoms with van der Waals surface area (Å²) >= 11 is 1.73. The molecule has 0 bridgehead atoms. The predicted octanol–water partition coefficient (Wildman–Crippen LogP) is 3.69. The van der Waals surface area contributed by atoms with Crippen LogP contribution in [0.3, 0.4) is 0 Å². The molecule has 2 heterocycles. The molecule has 0 saturated carbocycles. The number of imidazole rings is 1. The van der Waals surface area contributed by atoms with Crippen molar-refractivity contribution in [1.82, 2.24) is 9.38 Å². The van der Waals surface area contributed by atoms with Crippen LogP contribution in [0.1, 0.15) is 10.6 Å². The van der Waals surface area contributed by atoms with Crippen molar-refractivity contribution in [2.24, 2.45) is 0 Å². The van der Waals surface area contributed by atoms with Crippen LogP contribution in [0.25, 0.3) is 16.2 Å². The Morgan fingerprint density at radius 2 is 1.89 bits per heavy atom. The summed E-state index contributed by atoms with van der Waals surface area (Å²) in [6.07, 6.45) is 2.09. The highest BCUT2D eigenvalue weighted by atomic mass is 32.1. The Balaban J connectivity index is 2.07. The maximum atomic E-state index is 5.16. The highest BCUT2D eigenvalue weighted by Gasteiger charge is 2.09. The second-order valence-electron chi connectivity index (χ2n) is 4.25. The lowest BCUT2D eigenvalue weighted by atomic mass is 10.2. The molecule has 1 aromatic carbocycles. The van der Waals surface area contributed by atoms with Gasteiger partial charge in [-0.15, -0.1) is 11.3 Å². The number of aromatic nitrogens is 2. The minimum absolute atomic E-state index is 0.867. The zero-order valence-electron chi connectivity index (χ0n) is 10.6. The van der Waals surface area contributed by atoms with Crippen LogP contribution in [0.5, 0.6) is 5.75 Å². The average Bonchev–Trinajstić information content (AvgIpc) is 2.91. The molecule has 0 saturated heterocycles. The first kappa shape index (κ1) is 11.3. The number of rotatable bonds is 2. The van der Waals surface area contributed by atoms with E-state index in [0.717, 1.165) is 22.0 Å². The summed E-state index contributed by atoms with van der Waals surface area (Å²) in [5.41, 5.74) is 3.39. The van der Waals surface area contributed by atoms with E-state index in [4.69, 9.17) is 4.74 Å². The van der Waals surface area contributed by atoms with Gasteiger partial charge in [0, 0.05) is 22.3 Å². The molecule has 0 amide bonds. The van der Waals surface area contributed by atoms with Gasteiger partial charge in [0.25, 0.3) is 0 Å². The summed E-state index contributed by atoms with van der Waals surface area (Å²) in [7, 11) is 1.67. The summed E-state index contributed by atoms with van der Waals surface area (Å²) in [4.78, 5) is 7.03. The van der Waals surface area contributed by atoms with E-state index in [9.17, 15) is 0 Å². The number of thiazole rings is 1. The second kappa shape index (κ2) is 4.14. The molecule has 0 aliphatic rings. The quantitative estimate of drug-likeness (QED) is 0.701. The largest absolute Gasteiger partial charge is 0.497 e. The third-order valence-corrected chi connectivity index (χ3v) is 4.25. The fourth-order valence-electron chi connectivity index (χ4n) is 1.96. The van der Waals surface area contributed by atoms with Gasteiger partial charge in [-0.2, -0.15) is 0 Å². The number of hydrogen-bond acceptors (Lipinski definition) is 3. The third-order valence-electron chi connectivity index (χ3n) is 3.17. The normalized spacial score (nSPS) is 11.1. The Labute approximate surface area is 110 Å². The molecule has 3 aromatic rings. The lowest BCUT2D eigenvalue weighted by molar-refractivity contribution is 0.415. The Hall–Kier alpha value is -1.81. The highest BCUT2D eigenvalue weighted by molar-refractivity contribution is 7.17. The molecule has 0 unspecified atom stereocenters. The van der Waals surface area contributed by atoms with E-state index >= 15 is 0 Å². The molecular weight excluding hydrogens is 244 g/mol. The van der Waals surface area contributed by atoms with Crippen molar-refractivity contribution in [3.8, 4) is 17.0 Å². The van der Waals surface area contributed by atoms with Crippen LogP contribution in [-0.2, 0) is 0 Å². The van der Waals surface area contributed by atoms with Gasteiger partial charge in [0.05, 0.1) is 12.8 Å². The molecule has 3 rings (SSSR count). The first-order valence-electron chi connectivity index (χ1n) is 5.78. The minimum Gasteiger partial charge on any atom is -0.497 e. The van der Waals surface area contributed by atoms with Crippen LogP contribution < -0.4 is 4.74 Å². The van der Waals surface area contributed by atoms with Gasteiger partial charge in [-0.25, -0.2) is 4.98 Å². The van der Waals surface area contributed by atoms with E-state index in [-0.39, 0.29) is 0 Å². The van der Waals surface area contributed by atoms with E-state index in [0.29, 0.717) is 0 Å². The molecule has 0 radical (unpaired) electrons. The third kappa shape index (κ3) is 1.69. The van der Waals surface area contributed by atoms with Gasteiger partial charge in [-0.3, -0.25) is 4.40 Å². The number of ether oxygens (including phenoxy) is 1. The van der Waals surface area contributed by atoms with Gasteiger partial charge in [0.1, 0.15) is 5.75 Å². The number of benzene rings is 1. The van der Waals surface area contributed by atoms with Crippen molar-refractivity contribution in [2.75, 3.05) is 7.11 Å². The van der Waals surface area contributed by atoms with Crippen molar-refractivity contribution < 1.29 is 4.74 Å². The van der Waals surface area contributed by atoms with Crippen LogP contribution in [0.2, 0.25) is 0 Å². The smallest absolute Gasteiger partial charge is 0.194 e. The zero-order chi connectivity index (χ0) is 12.7. The zero-order valence-corrected chi connectivity index (χ0v) is 11.4. The molecule has 0 N–H and O–H groups in total. The first-order chi connectivity index (χ1) is 8.69. The van der Waals surface area contributed by atoms with Crippen molar-refractivity contribution in [1.29, 1.82) is 0 Å². The molecule has 0 spiro atoms. The summed E-state index contributed by atoms with van der Waals surface area (Å²) in [6, 6.07) is 7.99. The fraction of sp³-hybridized carbons (Fsp3) is 0.214. The van der Waals surface area contributed by atoms with Gasteiger partial charge >= 0.3 is 0 Å². The SMILES string of the molecule is COc1ccc(-c2cn3c(C)c(C)sc3n2)cc1. The Morgan fingerprint density at radius 1 is 1.17 bits per heavy atom. The van der Waals surface area contributed by atoms with Gasteiger partial charge in [0.2, 0.25) is 0 Å². The molecule has 0 aliphatic heterocycles. The minimum atomic E-state index is 0.867. The van der Waals surface area contributed by atoms with Crippen LogP contribution in [0.15, 0.2) is 30.5 Å². The molecular formula is C14H14N2OS. The molecule has 0 aliphatic carbocycles. The van der Waals surface area contributed by atoms with Crippen LogP contribution >= 0.6 is 11.3 Å². The first-order valence-corrected chi connectivity index (χ1v) is 6.60. The van der Waals surface area contributed by atoms with Gasteiger partial charge in [-0.1, -0.05) is 0 Å². The van der Waals surface area contributed by atoms with Crippen molar-refractivity contribution >= 4 is 16.3 Å². The lowest BCUT2D eigenvalue weighted by Gasteiger charge is -2.00. The van der Waals surface area contributed by atoms with Crippen molar-refractivity contribution in [2.45, 2.75) is 13.8 Å². The summed E-state index contributed by atoms with van der Waals surface area (Å²) in [6.45, 7) is 4.25. The summed E-state index contributed by atoms with van der Waals surface area (Å²) < 4.78 is 7.31. The number of hydrogen-bond donors (Lipinski definition) is 0. The molecule has 0 fully saturated rings. The Bertz CT molecular complexity index is 694. The van der Waals surface area contributed by atoms with Gasteiger partial charge < -0.3 is 4.74 Å². The lowest BCUT2D eigenvalue weighted by Crippen LogP contribution is -1.83. The standard InChI is InChI=1S/C14H14N2OS/c1-9-10(2)18-14-15-13(8-16(9)14)11-4-6-12(17-3)7-5-11/h4-8H,1-3H3. The predicted molar refractivity (Wildman–Crippen MR) is 74.5 cm³/mol. The number of aryl methyl sites for hydroxylation is 2. The average molecular weight is 258 g/mol. The van der Waals surface area contributed by atoms with Crippen LogP contribution in [-0.4, -0.2) is 16.5 Å². The second-order valence-corrected chi connectivity index (χ2v) is 5.43. The van der Waals surface area contributed by atoms with E-state index < -0.39 is 0 Å². The highest BCUT2D eigenvalue weighted by Crippen LogP contribution is 2.27. The van der Waals surface area contributed by atoms with E-state index in [1.165, 1.54) is 10.6 Å². The molecule has 18 heavy (non-hydrogen) atoms. The van der Waals surface area contributed by atoms with Crippen molar-refractivity contribution in [3.05, 3.63) is 41.0 Å². The molecule has 92 valence electrons. The number of methoxy groups -OCH3 is 1. The van der Waals surface area contributed by atoms with Crippen molar-refractivity contribution in [3.63, 3.8) is 0 Å². The van der Waals surface area contributed by atoms with E-state index in [2.05, 4.69) is 29.4 Å². The van der Waals surface area contributed by atoms with Crippen LogP contribution in [0.4, 0.5) is 0 Å². The Kier molecular flexibility index (Phi) is 2.59. The fourth-order valence-corrected chi connectivity index (χ4v) is 2.91. The van der Waals surface area contributed by atoms with E-state index in [1.54, 1.807) is 18.4 Å². The van der Waals surface area contributed by atoms with Gasteiger partial charge in [-0.05, 0) is 38.1 Å². The topological polar surface area (TPSA) is 26.5 Å². The monoisotopic (exact) mass is 258 g/mol. The molecule has 0 atom stereocenters.